The predicted octanol–water partition coefficient (Wildman–Crippen LogP) is 3.86. The Labute approximate surface area is 195 Å². The average molecular weight is 453 g/mol. The Morgan fingerprint density at radius 1 is 1.09 bits per heavy atom. The minimum atomic E-state index is -0.751. The quantitative estimate of drug-likeness (QED) is 0.354. The summed E-state index contributed by atoms with van der Waals surface area (Å²) in [6, 6.07) is 13.4. The number of ketones is 1. The van der Waals surface area contributed by atoms with Gasteiger partial charge in [-0.1, -0.05) is 18.2 Å². The van der Waals surface area contributed by atoms with E-state index in [2.05, 4.69) is 0 Å². The number of rotatable bonds is 9. The van der Waals surface area contributed by atoms with Gasteiger partial charge in [0.15, 0.2) is 0 Å². The molecule has 1 fully saturated rings. The number of nitrogens with zero attached hydrogens (tertiary/aromatic N) is 2. The van der Waals surface area contributed by atoms with Crippen molar-refractivity contribution in [2.75, 3.05) is 33.8 Å². The lowest BCUT2D eigenvalue weighted by Gasteiger charge is -2.27. The molecule has 3 rings (SSSR count). The molecule has 2 aromatic carbocycles. The van der Waals surface area contributed by atoms with Crippen LogP contribution in [0.5, 0.6) is 11.5 Å². The maximum absolute atomic E-state index is 13.2. The number of aliphatic hydroxyl groups is 1. The predicted molar refractivity (Wildman–Crippen MR) is 127 cm³/mol. The first-order chi connectivity index (χ1) is 15.7. The van der Waals surface area contributed by atoms with Gasteiger partial charge in [-0.3, -0.25) is 9.59 Å². The third-order valence-electron chi connectivity index (χ3n) is 5.34. The van der Waals surface area contributed by atoms with E-state index in [4.69, 9.17) is 9.47 Å². The van der Waals surface area contributed by atoms with Crippen LogP contribution in [0.25, 0.3) is 5.76 Å². The summed E-state index contributed by atoms with van der Waals surface area (Å²) in [7, 11) is 3.81. The van der Waals surface area contributed by atoms with Crippen molar-refractivity contribution < 1.29 is 24.2 Å². The fraction of sp³-hybridized carbons (Fsp3) is 0.385. The number of amides is 1. The highest BCUT2D eigenvalue weighted by atomic mass is 16.5. The minimum absolute atomic E-state index is 0.0153. The summed E-state index contributed by atoms with van der Waals surface area (Å²) in [6.07, 6.45) is 0.0153. The summed E-state index contributed by atoms with van der Waals surface area (Å²) < 4.78 is 11.5. The van der Waals surface area contributed by atoms with Crippen molar-refractivity contribution in [2.45, 2.75) is 32.9 Å². The number of benzene rings is 2. The van der Waals surface area contributed by atoms with Crippen LogP contribution in [0.4, 0.5) is 0 Å². The molecule has 1 aliphatic heterocycles. The molecule has 0 aliphatic carbocycles. The number of aliphatic hydroxyl groups excluding tert-OH is 1. The smallest absolute Gasteiger partial charge is 0.295 e. The van der Waals surface area contributed by atoms with Gasteiger partial charge < -0.3 is 24.4 Å². The van der Waals surface area contributed by atoms with Crippen molar-refractivity contribution in [2.24, 2.45) is 0 Å². The molecule has 0 bridgehead atoms. The molecule has 0 spiro atoms. The van der Waals surface area contributed by atoms with Crippen LogP contribution in [0.15, 0.2) is 54.1 Å². The highest BCUT2D eigenvalue weighted by molar-refractivity contribution is 6.46. The molecule has 2 aromatic rings. The highest BCUT2D eigenvalue weighted by Gasteiger charge is 2.46. The SMILES string of the molecule is CCOc1ccccc1C1/C(=C(/O)c2ccc(OC(C)C)cc2)C(=O)C(=O)N1CCN(C)C. The summed E-state index contributed by atoms with van der Waals surface area (Å²) in [5.74, 6) is -0.313. The van der Waals surface area contributed by atoms with Crippen molar-refractivity contribution in [3.8, 4) is 11.5 Å². The molecule has 1 heterocycles. The van der Waals surface area contributed by atoms with Crippen LogP contribution < -0.4 is 9.47 Å². The Morgan fingerprint density at radius 2 is 1.76 bits per heavy atom. The summed E-state index contributed by atoms with van der Waals surface area (Å²) in [5, 5.41) is 11.2. The van der Waals surface area contributed by atoms with Crippen molar-refractivity contribution >= 4 is 17.4 Å². The summed E-state index contributed by atoms with van der Waals surface area (Å²) >= 11 is 0. The van der Waals surface area contributed by atoms with Gasteiger partial charge in [0, 0.05) is 24.2 Å². The number of ether oxygens (including phenoxy) is 2. The summed E-state index contributed by atoms with van der Waals surface area (Å²) in [4.78, 5) is 29.7. The fourth-order valence-corrected chi connectivity index (χ4v) is 3.85. The lowest BCUT2D eigenvalue weighted by atomic mass is 9.94. The lowest BCUT2D eigenvalue weighted by molar-refractivity contribution is -0.140. The van der Waals surface area contributed by atoms with Crippen molar-refractivity contribution in [3.05, 3.63) is 65.2 Å². The highest BCUT2D eigenvalue weighted by Crippen LogP contribution is 2.42. The van der Waals surface area contributed by atoms with Gasteiger partial charge in [-0.2, -0.15) is 0 Å². The van der Waals surface area contributed by atoms with Crippen LogP contribution in [0.3, 0.4) is 0 Å². The molecule has 1 atom stereocenters. The van der Waals surface area contributed by atoms with E-state index in [0.717, 1.165) is 0 Å². The molecule has 1 amide bonds. The molecular formula is C26H32N2O5. The zero-order valence-corrected chi connectivity index (χ0v) is 19.9. The van der Waals surface area contributed by atoms with Gasteiger partial charge in [-0.15, -0.1) is 0 Å². The maximum atomic E-state index is 13.2. The van der Waals surface area contributed by atoms with E-state index in [1.807, 2.05) is 64.0 Å². The van der Waals surface area contributed by atoms with Crippen LogP contribution in [0, 0.1) is 0 Å². The molecule has 0 aromatic heterocycles. The first-order valence-corrected chi connectivity index (χ1v) is 11.2. The van der Waals surface area contributed by atoms with E-state index in [1.165, 1.54) is 4.90 Å². The lowest BCUT2D eigenvalue weighted by Crippen LogP contribution is -2.35. The largest absolute Gasteiger partial charge is 0.507 e. The first kappa shape index (κ1) is 24.3. The maximum Gasteiger partial charge on any atom is 0.295 e. The second-order valence-corrected chi connectivity index (χ2v) is 8.46. The topological polar surface area (TPSA) is 79.3 Å². The van der Waals surface area contributed by atoms with E-state index in [0.29, 0.717) is 42.3 Å². The van der Waals surface area contributed by atoms with Gasteiger partial charge in [0.05, 0.1) is 24.3 Å². The monoisotopic (exact) mass is 452 g/mol. The molecule has 0 radical (unpaired) electrons. The van der Waals surface area contributed by atoms with E-state index >= 15 is 0 Å². The Hall–Kier alpha value is -3.32. The molecule has 1 N–H and O–H groups in total. The third kappa shape index (κ3) is 5.37. The normalized spacial score (nSPS) is 17.8. The Balaban J connectivity index is 2.12. The van der Waals surface area contributed by atoms with E-state index < -0.39 is 17.7 Å². The molecule has 7 nitrogen and oxygen atoms in total. The number of hydrogen-bond acceptors (Lipinski definition) is 6. The summed E-state index contributed by atoms with van der Waals surface area (Å²) in [6.45, 7) is 7.08. The molecule has 1 unspecified atom stereocenters. The van der Waals surface area contributed by atoms with Crippen molar-refractivity contribution in [1.82, 2.24) is 9.80 Å². The zero-order chi connectivity index (χ0) is 24.1. The molecule has 33 heavy (non-hydrogen) atoms. The second-order valence-electron chi connectivity index (χ2n) is 8.46. The molecule has 7 heteroatoms. The number of likely N-dealkylation sites (tertiary alicyclic amines) is 1. The number of Topliss-reactive ketones (excluding diaryl/α,β-unsaturated/α-hetero) is 1. The number of likely N-dealkylation sites (N-methyl/N-ethyl adjacent to an activating group) is 1. The number of para-hydroxylation sites is 1. The number of hydrogen-bond donors (Lipinski definition) is 1. The van der Waals surface area contributed by atoms with Crippen molar-refractivity contribution in [1.29, 1.82) is 0 Å². The Morgan fingerprint density at radius 3 is 2.36 bits per heavy atom. The van der Waals surface area contributed by atoms with Gasteiger partial charge in [0.2, 0.25) is 0 Å². The molecule has 1 aliphatic rings. The third-order valence-corrected chi connectivity index (χ3v) is 5.34. The first-order valence-electron chi connectivity index (χ1n) is 11.2. The average Bonchev–Trinajstić information content (AvgIpc) is 3.02. The van der Waals surface area contributed by atoms with Crippen LogP contribution >= 0.6 is 0 Å². The second kappa shape index (κ2) is 10.5. The standard InChI is InChI=1S/C26H32N2O5/c1-6-32-21-10-8-7-9-20(21)23-22(25(30)26(31)28(23)16-15-27(4)5)24(29)18-11-13-19(14-12-18)33-17(2)3/h7-14,17,23,29H,6,15-16H2,1-5H3/b24-22-. The van der Waals surface area contributed by atoms with Gasteiger partial charge in [0.1, 0.15) is 17.3 Å². The van der Waals surface area contributed by atoms with E-state index in [1.54, 1.807) is 24.3 Å². The van der Waals surface area contributed by atoms with Crippen LogP contribution in [-0.4, -0.2) is 66.5 Å². The number of carbonyl (C=O) groups excluding carboxylic acids is 2. The number of carbonyl (C=O) groups is 2. The molecule has 1 saturated heterocycles. The summed E-state index contributed by atoms with van der Waals surface area (Å²) in [5.41, 5.74) is 1.16. The van der Waals surface area contributed by atoms with E-state index in [-0.39, 0.29) is 17.4 Å². The van der Waals surface area contributed by atoms with Gasteiger partial charge in [-0.25, -0.2) is 0 Å². The zero-order valence-electron chi connectivity index (χ0n) is 19.9. The Kier molecular flexibility index (Phi) is 7.76. The van der Waals surface area contributed by atoms with Crippen LogP contribution in [-0.2, 0) is 9.59 Å². The minimum Gasteiger partial charge on any atom is -0.507 e. The molecule has 176 valence electrons. The molecule has 0 saturated carbocycles. The molecular weight excluding hydrogens is 420 g/mol. The van der Waals surface area contributed by atoms with Crippen LogP contribution in [0.2, 0.25) is 0 Å². The Bertz CT molecular complexity index is 1030. The van der Waals surface area contributed by atoms with E-state index in [9.17, 15) is 14.7 Å². The van der Waals surface area contributed by atoms with Gasteiger partial charge in [-0.05, 0) is 65.2 Å². The fourth-order valence-electron chi connectivity index (χ4n) is 3.85. The van der Waals surface area contributed by atoms with Crippen LogP contribution in [0.1, 0.15) is 37.9 Å². The van der Waals surface area contributed by atoms with Gasteiger partial charge >= 0.3 is 0 Å². The van der Waals surface area contributed by atoms with Gasteiger partial charge in [0.25, 0.3) is 11.7 Å². The van der Waals surface area contributed by atoms with Crippen molar-refractivity contribution in [3.63, 3.8) is 0 Å².